The molecule has 0 saturated heterocycles. The van der Waals surface area contributed by atoms with Crippen molar-refractivity contribution in [3.8, 4) is 0 Å². The van der Waals surface area contributed by atoms with Crippen LogP contribution in [0.15, 0.2) is 35.8 Å². The van der Waals surface area contributed by atoms with Crippen LogP contribution in [0.25, 0.3) is 10.2 Å². The molecule has 0 fully saturated rings. The van der Waals surface area contributed by atoms with Crippen LogP contribution < -0.4 is 0 Å². The van der Waals surface area contributed by atoms with Gasteiger partial charge in [0.25, 0.3) is 5.91 Å². The highest BCUT2D eigenvalue weighted by atomic mass is 32.1. The Hall–Kier alpha value is -1.76. The van der Waals surface area contributed by atoms with E-state index >= 15 is 0 Å². The number of aliphatic hydroxyl groups excluding tert-OH is 1. The standard InChI is InChI=1S/C17H18N2O2S2/c1-12-3-5-14(23-12)10-19(7-2-8-20)17(21)13-4-6-15-16(9-13)22-11-18-15/h3-6,9,11,20H,2,7-8,10H2,1H3. The van der Waals surface area contributed by atoms with Gasteiger partial charge >= 0.3 is 0 Å². The minimum Gasteiger partial charge on any atom is -0.396 e. The van der Waals surface area contributed by atoms with E-state index in [0.29, 0.717) is 25.1 Å². The van der Waals surface area contributed by atoms with Gasteiger partial charge in [0, 0.05) is 28.5 Å². The Labute approximate surface area is 143 Å². The molecule has 120 valence electrons. The molecule has 0 atom stereocenters. The number of carbonyl (C=O) groups excluding carboxylic acids is 1. The van der Waals surface area contributed by atoms with Gasteiger partial charge in [-0.15, -0.1) is 22.7 Å². The van der Waals surface area contributed by atoms with Gasteiger partial charge in [-0.1, -0.05) is 0 Å². The smallest absolute Gasteiger partial charge is 0.254 e. The summed E-state index contributed by atoms with van der Waals surface area (Å²) in [5.74, 6) is -0.000182. The third-order valence-corrected chi connectivity index (χ3v) is 5.37. The zero-order valence-corrected chi connectivity index (χ0v) is 14.5. The fourth-order valence-corrected chi connectivity index (χ4v) is 4.07. The number of thiazole rings is 1. The van der Waals surface area contributed by atoms with Crippen molar-refractivity contribution in [3.05, 3.63) is 51.2 Å². The summed E-state index contributed by atoms with van der Waals surface area (Å²) in [6.45, 7) is 3.28. The van der Waals surface area contributed by atoms with E-state index in [9.17, 15) is 4.79 Å². The van der Waals surface area contributed by atoms with Crippen molar-refractivity contribution in [2.24, 2.45) is 0 Å². The monoisotopic (exact) mass is 346 g/mol. The number of hydrogen-bond donors (Lipinski definition) is 1. The Kier molecular flexibility index (Phi) is 5.05. The number of aliphatic hydroxyl groups is 1. The molecule has 23 heavy (non-hydrogen) atoms. The largest absolute Gasteiger partial charge is 0.396 e. The van der Waals surface area contributed by atoms with Gasteiger partial charge in [-0.2, -0.15) is 0 Å². The number of aryl methyl sites for hydroxylation is 1. The van der Waals surface area contributed by atoms with Crippen LogP contribution >= 0.6 is 22.7 Å². The van der Waals surface area contributed by atoms with Gasteiger partial charge in [-0.25, -0.2) is 4.98 Å². The van der Waals surface area contributed by atoms with Gasteiger partial charge < -0.3 is 10.0 Å². The van der Waals surface area contributed by atoms with E-state index in [1.807, 2.05) is 23.1 Å². The molecule has 0 aliphatic carbocycles. The highest BCUT2D eigenvalue weighted by Crippen LogP contribution is 2.22. The predicted octanol–water partition coefficient (Wildman–Crippen LogP) is 3.69. The number of amides is 1. The minimum absolute atomic E-state index is 0.000182. The second-order valence-corrected chi connectivity index (χ2v) is 7.61. The molecule has 1 N–H and O–H groups in total. The van der Waals surface area contributed by atoms with Crippen molar-refractivity contribution < 1.29 is 9.90 Å². The summed E-state index contributed by atoms with van der Waals surface area (Å²) in [6.07, 6.45) is 0.582. The van der Waals surface area contributed by atoms with Crippen LogP contribution in [-0.2, 0) is 6.54 Å². The maximum Gasteiger partial charge on any atom is 0.254 e. The Morgan fingerprint density at radius 3 is 2.91 bits per heavy atom. The Morgan fingerprint density at radius 1 is 1.30 bits per heavy atom. The molecule has 0 saturated carbocycles. The van der Waals surface area contributed by atoms with E-state index in [1.165, 1.54) is 16.2 Å². The van der Waals surface area contributed by atoms with Crippen LogP contribution in [0.5, 0.6) is 0 Å². The lowest BCUT2D eigenvalue weighted by Gasteiger charge is -2.22. The van der Waals surface area contributed by atoms with Crippen LogP contribution in [0.4, 0.5) is 0 Å². The molecular weight excluding hydrogens is 328 g/mol. The molecule has 4 nitrogen and oxygen atoms in total. The van der Waals surface area contributed by atoms with Crippen molar-refractivity contribution in [1.29, 1.82) is 0 Å². The molecule has 1 amide bonds. The molecule has 0 bridgehead atoms. The molecule has 1 aromatic carbocycles. The molecule has 3 rings (SSSR count). The van der Waals surface area contributed by atoms with Gasteiger partial charge in [0.1, 0.15) is 0 Å². The number of nitrogens with zero attached hydrogens (tertiary/aromatic N) is 2. The molecule has 0 aliphatic rings. The molecule has 0 spiro atoms. The van der Waals surface area contributed by atoms with Crippen LogP contribution in [0.3, 0.4) is 0 Å². The normalized spacial score (nSPS) is 11.0. The van der Waals surface area contributed by atoms with Gasteiger partial charge in [0.15, 0.2) is 0 Å². The first kappa shape index (κ1) is 16.1. The average molecular weight is 346 g/mol. The van der Waals surface area contributed by atoms with E-state index < -0.39 is 0 Å². The van der Waals surface area contributed by atoms with Crippen LogP contribution in [0.2, 0.25) is 0 Å². The predicted molar refractivity (Wildman–Crippen MR) is 95.1 cm³/mol. The highest BCUT2D eigenvalue weighted by Gasteiger charge is 2.17. The number of hydrogen-bond acceptors (Lipinski definition) is 5. The van der Waals surface area contributed by atoms with Crippen molar-refractivity contribution in [3.63, 3.8) is 0 Å². The maximum absolute atomic E-state index is 12.9. The van der Waals surface area contributed by atoms with Gasteiger partial charge in [-0.3, -0.25) is 4.79 Å². The number of carbonyl (C=O) groups is 1. The second-order valence-electron chi connectivity index (χ2n) is 5.35. The molecule has 2 heterocycles. The highest BCUT2D eigenvalue weighted by molar-refractivity contribution is 7.16. The van der Waals surface area contributed by atoms with E-state index in [1.54, 1.807) is 16.8 Å². The quantitative estimate of drug-likeness (QED) is 0.740. The van der Waals surface area contributed by atoms with Crippen molar-refractivity contribution in [2.45, 2.75) is 19.9 Å². The van der Waals surface area contributed by atoms with Gasteiger partial charge in [0.05, 0.1) is 22.3 Å². The summed E-state index contributed by atoms with van der Waals surface area (Å²) in [4.78, 5) is 21.3. The van der Waals surface area contributed by atoms with Crippen molar-refractivity contribution in [1.82, 2.24) is 9.88 Å². The average Bonchev–Trinajstić information content (AvgIpc) is 3.18. The number of thiophene rings is 1. The molecule has 2 aromatic heterocycles. The first-order valence-electron chi connectivity index (χ1n) is 7.46. The third-order valence-electron chi connectivity index (χ3n) is 3.59. The summed E-state index contributed by atoms with van der Waals surface area (Å²) in [7, 11) is 0. The first-order valence-corrected chi connectivity index (χ1v) is 9.15. The number of aromatic nitrogens is 1. The summed E-state index contributed by atoms with van der Waals surface area (Å²) in [6, 6.07) is 9.75. The van der Waals surface area contributed by atoms with E-state index in [-0.39, 0.29) is 12.5 Å². The summed E-state index contributed by atoms with van der Waals surface area (Å²) >= 11 is 3.24. The third kappa shape index (κ3) is 3.77. The number of fused-ring (bicyclic) bond motifs is 1. The lowest BCUT2D eigenvalue weighted by Crippen LogP contribution is -2.31. The van der Waals surface area contributed by atoms with Crippen molar-refractivity contribution in [2.75, 3.05) is 13.2 Å². The molecule has 0 aliphatic heterocycles. The molecular formula is C17H18N2O2S2. The summed E-state index contributed by atoms with van der Waals surface area (Å²) in [5.41, 5.74) is 3.38. The van der Waals surface area contributed by atoms with E-state index in [4.69, 9.17) is 5.11 Å². The maximum atomic E-state index is 12.9. The number of benzene rings is 1. The van der Waals surface area contributed by atoms with Crippen LogP contribution in [0, 0.1) is 6.92 Å². The SMILES string of the molecule is Cc1ccc(CN(CCCO)C(=O)c2ccc3ncsc3c2)s1. The first-order chi connectivity index (χ1) is 11.2. The Bertz CT molecular complexity index is 810. The number of rotatable bonds is 6. The zero-order valence-electron chi connectivity index (χ0n) is 12.9. The second kappa shape index (κ2) is 7.21. The van der Waals surface area contributed by atoms with Crippen LogP contribution in [-0.4, -0.2) is 34.0 Å². The molecule has 0 radical (unpaired) electrons. The lowest BCUT2D eigenvalue weighted by atomic mass is 10.1. The van der Waals surface area contributed by atoms with Crippen molar-refractivity contribution >= 4 is 38.8 Å². The fourth-order valence-electron chi connectivity index (χ4n) is 2.44. The lowest BCUT2D eigenvalue weighted by molar-refractivity contribution is 0.0734. The zero-order chi connectivity index (χ0) is 16.2. The summed E-state index contributed by atoms with van der Waals surface area (Å²) in [5, 5.41) is 9.11. The molecule has 0 unspecified atom stereocenters. The molecule has 3 aromatic rings. The summed E-state index contributed by atoms with van der Waals surface area (Å²) < 4.78 is 1.02. The topological polar surface area (TPSA) is 53.4 Å². The van der Waals surface area contributed by atoms with E-state index in [2.05, 4.69) is 24.0 Å². The van der Waals surface area contributed by atoms with Crippen LogP contribution in [0.1, 0.15) is 26.5 Å². The van der Waals surface area contributed by atoms with Gasteiger partial charge in [0.2, 0.25) is 0 Å². The fraction of sp³-hybridized carbons (Fsp3) is 0.294. The van der Waals surface area contributed by atoms with Gasteiger partial charge in [-0.05, 0) is 43.7 Å². The van der Waals surface area contributed by atoms with E-state index in [0.717, 1.165) is 15.1 Å². The molecule has 6 heteroatoms. The Balaban J connectivity index is 1.83. The Morgan fingerprint density at radius 2 is 2.17 bits per heavy atom. The minimum atomic E-state index is -0.000182.